The molecule has 0 spiro atoms. The summed E-state index contributed by atoms with van der Waals surface area (Å²) in [6.07, 6.45) is 5.10. The molecule has 1 N–H and O–H groups in total. The van der Waals surface area contributed by atoms with Crippen molar-refractivity contribution in [2.75, 3.05) is 23.3 Å². The van der Waals surface area contributed by atoms with Gasteiger partial charge in [-0.25, -0.2) is 4.98 Å². The molecule has 2 unspecified atom stereocenters. The van der Waals surface area contributed by atoms with Gasteiger partial charge in [0.25, 0.3) is 0 Å². The van der Waals surface area contributed by atoms with E-state index in [4.69, 9.17) is 4.98 Å². The Hall–Kier alpha value is -2.04. The Morgan fingerprint density at radius 1 is 1.13 bits per heavy atom. The minimum absolute atomic E-state index is 0.164. The second kappa shape index (κ2) is 8.24. The Kier molecular flexibility index (Phi) is 5.82. The molecule has 6 nitrogen and oxygen atoms in total. The molecule has 158 valence electrons. The van der Waals surface area contributed by atoms with Gasteiger partial charge in [-0.3, -0.25) is 4.98 Å². The van der Waals surface area contributed by atoms with Gasteiger partial charge in [-0.05, 0) is 41.8 Å². The van der Waals surface area contributed by atoms with E-state index in [1.807, 2.05) is 12.1 Å². The summed E-state index contributed by atoms with van der Waals surface area (Å²) in [4.78, 5) is 19.8. The normalized spacial score (nSPS) is 16.6. The molecule has 0 saturated carbocycles. The lowest BCUT2D eigenvalue weighted by Gasteiger charge is -2.36. The second-order valence-corrected chi connectivity index (χ2v) is 9.99. The number of rotatable bonds is 5. The van der Waals surface area contributed by atoms with Crippen LogP contribution in [0.1, 0.15) is 31.0 Å². The van der Waals surface area contributed by atoms with E-state index in [1.165, 1.54) is 6.20 Å². The number of hydrogen-bond donors (Lipinski definition) is 1. The van der Waals surface area contributed by atoms with Crippen LogP contribution in [-0.2, 0) is 12.2 Å². The van der Waals surface area contributed by atoms with E-state index >= 15 is 0 Å². The average molecular weight is 448 g/mol. The third kappa shape index (κ3) is 4.65. The third-order valence-corrected chi connectivity index (χ3v) is 6.15. The van der Waals surface area contributed by atoms with Crippen molar-refractivity contribution in [2.24, 2.45) is 0 Å². The van der Waals surface area contributed by atoms with Crippen LogP contribution in [0, 0.1) is 0 Å². The molecule has 4 heterocycles. The van der Waals surface area contributed by atoms with Gasteiger partial charge < -0.3 is 10.2 Å². The number of halogens is 2. The van der Waals surface area contributed by atoms with Crippen LogP contribution in [0.3, 0.4) is 0 Å². The van der Waals surface area contributed by atoms with Crippen LogP contribution in [0.5, 0.6) is 0 Å². The second-order valence-electron chi connectivity index (χ2n) is 7.88. The molecule has 1 saturated heterocycles. The van der Waals surface area contributed by atoms with Gasteiger partial charge in [-0.15, -0.1) is 9.24 Å². The molecule has 10 heteroatoms. The van der Waals surface area contributed by atoms with Gasteiger partial charge in [0, 0.05) is 32.0 Å². The Labute approximate surface area is 178 Å². The molecule has 2 atom stereocenters. The molecule has 0 amide bonds. The Morgan fingerprint density at radius 3 is 2.57 bits per heavy atom. The summed E-state index contributed by atoms with van der Waals surface area (Å²) >= 11 is 0. The summed E-state index contributed by atoms with van der Waals surface area (Å²) in [5, 5.41) is 4.18. The van der Waals surface area contributed by atoms with Crippen molar-refractivity contribution in [2.45, 2.75) is 37.1 Å². The van der Waals surface area contributed by atoms with Gasteiger partial charge in [0.2, 0.25) is 5.95 Å². The SMILES string of the molecule is CC1(P)CCN(c2nc(NCc3cccnc3C(F)(F)P)c3cccnc3n2)CC1. The Bertz CT molecular complexity index is 1050. The molecule has 0 aliphatic carbocycles. The Morgan fingerprint density at radius 2 is 1.83 bits per heavy atom. The number of anilines is 2. The molecule has 1 aliphatic rings. The fraction of sp³-hybridized carbons (Fsp3) is 0.400. The number of nitrogens with one attached hydrogen (secondary N) is 1. The molecular formula is C20H24F2N6P2. The monoisotopic (exact) mass is 448 g/mol. The minimum Gasteiger partial charge on any atom is -0.365 e. The standard InChI is InChI=1S/C20H24F2N6P2/c1-19(29)6-10-28(11-7-19)18-26-16-14(5-3-9-24-16)17(27-18)25-12-13-4-2-8-23-15(13)20(21,22)30/h2-5,8-9H,6-7,10-12,29-30H2,1H3,(H,24,25,26,27). The number of nitrogens with zero attached hydrogens (tertiary/aromatic N) is 5. The molecule has 0 bridgehead atoms. The summed E-state index contributed by atoms with van der Waals surface area (Å²) in [7, 11) is 4.48. The van der Waals surface area contributed by atoms with Crippen molar-refractivity contribution < 1.29 is 8.78 Å². The van der Waals surface area contributed by atoms with Crippen LogP contribution in [0.25, 0.3) is 11.0 Å². The van der Waals surface area contributed by atoms with E-state index < -0.39 is 5.66 Å². The maximum absolute atomic E-state index is 13.9. The van der Waals surface area contributed by atoms with E-state index in [0.717, 1.165) is 31.3 Å². The number of piperidine rings is 1. The number of aromatic nitrogens is 4. The lowest BCUT2D eigenvalue weighted by Crippen LogP contribution is -2.40. The van der Waals surface area contributed by atoms with Gasteiger partial charge in [0.05, 0.1) is 5.39 Å². The van der Waals surface area contributed by atoms with E-state index in [2.05, 4.69) is 41.3 Å². The van der Waals surface area contributed by atoms with Gasteiger partial charge in [-0.2, -0.15) is 18.7 Å². The van der Waals surface area contributed by atoms with Gasteiger partial charge in [0.15, 0.2) is 5.65 Å². The maximum Gasteiger partial charge on any atom is 0.300 e. The predicted molar refractivity (Wildman–Crippen MR) is 122 cm³/mol. The van der Waals surface area contributed by atoms with Crippen molar-refractivity contribution in [1.82, 2.24) is 19.9 Å². The quantitative estimate of drug-likeness (QED) is 0.591. The largest absolute Gasteiger partial charge is 0.365 e. The molecule has 3 aromatic rings. The lowest BCUT2D eigenvalue weighted by molar-refractivity contribution is 0.0975. The summed E-state index contributed by atoms with van der Waals surface area (Å²) < 4.78 is 27.8. The number of pyridine rings is 2. The molecule has 0 aromatic carbocycles. The fourth-order valence-electron chi connectivity index (χ4n) is 3.50. The lowest BCUT2D eigenvalue weighted by atomic mass is 9.98. The highest BCUT2D eigenvalue weighted by Gasteiger charge is 2.30. The molecule has 1 fully saturated rings. The fourth-order valence-corrected chi connectivity index (χ4v) is 4.02. The van der Waals surface area contributed by atoms with Gasteiger partial charge in [-0.1, -0.05) is 22.2 Å². The van der Waals surface area contributed by atoms with E-state index in [-0.39, 0.29) is 17.4 Å². The van der Waals surface area contributed by atoms with Crippen LogP contribution >= 0.6 is 18.5 Å². The van der Waals surface area contributed by atoms with Crippen LogP contribution in [0.2, 0.25) is 0 Å². The number of hydrogen-bond acceptors (Lipinski definition) is 6. The molecular weight excluding hydrogens is 424 g/mol. The smallest absolute Gasteiger partial charge is 0.300 e. The topological polar surface area (TPSA) is 66.8 Å². The van der Waals surface area contributed by atoms with E-state index in [0.29, 0.717) is 23.0 Å². The highest BCUT2D eigenvalue weighted by atomic mass is 31.0. The molecule has 0 radical (unpaired) electrons. The van der Waals surface area contributed by atoms with Crippen LogP contribution < -0.4 is 10.2 Å². The molecule has 1 aliphatic heterocycles. The summed E-state index contributed by atoms with van der Waals surface area (Å²) in [5.41, 5.74) is -2.38. The summed E-state index contributed by atoms with van der Waals surface area (Å²) in [6, 6.07) is 6.97. The van der Waals surface area contributed by atoms with Crippen molar-refractivity contribution in [3.05, 3.63) is 47.9 Å². The zero-order valence-corrected chi connectivity index (χ0v) is 19.0. The minimum atomic E-state index is -3.10. The van der Waals surface area contributed by atoms with Crippen LogP contribution in [-0.4, -0.2) is 38.2 Å². The highest BCUT2D eigenvalue weighted by Crippen LogP contribution is 2.36. The first kappa shape index (κ1) is 21.2. The third-order valence-electron chi connectivity index (χ3n) is 5.30. The van der Waals surface area contributed by atoms with Crippen molar-refractivity contribution in [3.8, 4) is 0 Å². The van der Waals surface area contributed by atoms with Gasteiger partial charge in [0.1, 0.15) is 11.5 Å². The van der Waals surface area contributed by atoms with Crippen LogP contribution in [0.15, 0.2) is 36.7 Å². The van der Waals surface area contributed by atoms with E-state index in [9.17, 15) is 8.78 Å². The molecule has 3 aromatic heterocycles. The van der Waals surface area contributed by atoms with Crippen molar-refractivity contribution in [1.29, 1.82) is 0 Å². The summed E-state index contributed by atoms with van der Waals surface area (Å²) in [6.45, 7) is 4.10. The molecule has 4 rings (SSSR count). The van der Waals surface area contributed by atoms with Gasteiger partial charge >= 0.3 is 5.66 Å². The average Bonchev–Trinajstić information content (AvgIpc) is 2.71. The van der Waals surface area contributed by atoms with Crippen molar-refractivity contribution in [3.63, 3.8) is 0 Å². The number of alkyl halides is 2. The first-order chi connectivity index (χ1) is 14.2. The zero-order chi connectivity index (χ0) is 21.4. The first-order valence-electron chi connectivity index (χ1n) is 9.74. The Balaban J connectivity index is 1.64. The number of fused-ring (bicyclic) bond motifs is 1. The zero-order valence-electron chi connectivity index (χ0n) is 16.6. The first-order valence-corrected chi connectivity index (χ1v) is 10.9. The molecule has 30 heavy (non-hydrogen) atoms. The highest BCUT2D eigenvalue weighted by molar-refractivity contribution is 7.18. The van der Waals surface area contributed by atoms with Crippen LogP contribution in [0.4, 0.5) is 20.5 Å². The summed E-state index contributed by atoms with van der Waals surface area (Å²) in [5.74, 6) is 1.18. The maximum atomic E-state index is 13.9. The van der Waals surface area contributed by atoms with E-state index in [1.54, 1.807) is 27.6 Å². The predicted octanol–water partition coefficient (Wildman–Crippen LogP) is 4.19. The van der Waals surface area contributed by atoms with Crippen molar-refractivity contribution >= 4 is 41.3 Å².